The second-order valence-corrected chi connectivity index (χ2v) is 8.79. The van der Waals surface area contributed by atoms with Gasteiger partial charge < -0.3 is 0 Å². The van der Waals surface area contributed by atoms with Crippen LogP contribution < -0.4 is 0 Å². The first-order valence-corrected chi connectivity index (χ1v) is 10.8. The molecule has 0 saturated heterocycles. The molecule has 0 spiro atoms. The number of hydrogen-bond donors (Lipinski definition) is 0. The Hall–Kier alpha value is -2.15. The highest BCUT2D eigenvalue weighted by Crippen LogP contribution is 2.38. The monoisotopic (exact) mass is 404 g/mol. The maximum Gasteiger partial charge on any atom is 0.269 e. The Kier molecular flexibility index (Phi) is 8.23. The van der Waals surface area contributed by atoms with Crippen molar-refractivity contribution >= 4 is 34.8 Å². The second-order valence-electron chi connectivity index (χ2n) is 7.20. The molecular formula is C21H28N2O4S. The summed E-state index contributed by atoms with van der Waals surface area (Å²) in [6.07, 6.45) is 6.48. The highest BCUT2D eigenvalue weighted by atomic mass is 32.2. The van der Waals surface area contributed by atoms with Crippen LogP contribution in [0.4, 0.5) is 5.69 Å². The normalized spacial score (nSPS) is 14.5. The molecule has 0 bridgehead atoms. The van der Waals surface area contributed by atoms with Gasteiger partial charge in [0.05, 0.1) is 15.4 Å². The number of thioether (sulfide) groups is 1. The van der Waals surface area contributed by atoms with Crippen molar-refractivity contribution in [3.8, 4) is 0 Å². The van der Waals surface area contributed by atoms with Crippen LogP contribution in [0.25, 0.3) is 5.57 Å². The fourth-order valence-electron chi connectivity index (χ4n) is 3.16. The van der Waals surface area contributed by atoms with Gasteiger partial charge in [-0.3, -0.25) is 24.6 Å². The summed E-state index contributed by atoms with van der Waals surface area (Å²) in [7, 11) is 0. The van der Waals surface area contributed by atoms with Crippen molar-refractivity contribution in [1.29, 1.82) is 0 Å². The molecule has 1 aliphatic heterocycles. The average molecular weight is 405 g/mol. The van der Waals surface area contributed by atoms with E-state index in [9.17, 15) is 19.7 Å². The van der Waals surface area contributed by atoms with Crippen molar-refractivity contribution in [3.63, 3.8) is 0 Å². The molecular weight excluding hydrogens is 376 g/mol. The molecule has 1 aromatic rings. The third-order valence-corrected chi connectivity index (χ3v) is 5.67. The number of hydrogen-bond acceptors (Lipinski definition) is 5. The predicted octanol–water partition coefficient (Wildman–Crippen LogP) is 5.18. The average Bonchev–Trinajstić information content (AvgIpc) is 2.88. The number of rotatable bonds is 11. The molecule has 2 amide bonds. The summed E-state index contributed by atoms with van der Waals surface area (Å²) in [5, 5.41) is 11.0. The largest absolute Gasteiger partial charge is 0.274 e. The molecule has 0 unspecified atom stereocenters. The molecule has 7 heteroatoms. The zero-order chi connectivity index (χ0) is 20.7. The quantitative estimate of drug-likeness (QED) is 0.220. The lowest BCUT2D eigenvalue weighted by Crippen LogP contribution is -2.32. The number of benzene rings is 1. The first kappa shape index (κ1) is 22.1. The molecule has 0 aromatic heterocycles. The van der Waals surface area contributed by atoms with E-state index in [1.807, 2.05) is 13.8 Å². The summed E-state index contributed by atoms with van der Waals surface area (Å²) in [6.45, 7) is 6.53. The Morgan fingerprint density at radius 2 is 1.61 bits per heavy atom. The summed E-state index contributed by atoms with van der Waals surface area (Å²) >= 11 is 1.38. The van der Waals surface area contributed by atoms with Gasteiger partial charge in [0.15, 0.2) is 0 Å². The van der Waals surface area contributed by atoms with Crippen molar-refractivity contribution in [1.82, 2.24) is 4.90 Å². The molecule has 1 aromatic carbocycles. The lowest BCUT2D eigenvalue weighted by atomic mass is 10.1. The Bertz CT molecular complexity index is 756. The minimum Gasteiger partial charge on any atom is -0.274 e. The Morgan fingerprint density at radius 1 is 1.00 bits per heavy atom. The Morgan fingerprint density at radius 3 is 2.18 bits per heavy atom. The summed E-state index contributed by atoms with van der Waals surface area (Å²) in [4.78, 5) is 38.1. The van der Waals surface area contributed by atoms with E-state index >= 15 is 0 Å². The molecule has 0 fully saturated rings. The minimum atomic E-state index is -0.478. The number of carbonyl (C=O) groups excluding carboxylic acids is 2. The van der Waals surface area contributed by atoms with Gasteiger partial charge in [0.2, 0.25) is 0 Å². The van der Waals surface area contributed by atoms with Gasteiger partial charge in [0.25, 0.3) is 17.5 Å². The number of carbonyl (C=O) groups is 2. The molecule has 1 aliphatic rings. The second kappa shape index (κ2) is 10.4. The number of non-ortho nitro benzene ring substituents is 1. The van der Waals surface area contributed by atoms with Crippen LogP contribution in [0.2, 0.25) is 0 Å². The molecule has 6 nitrogen and oxygen atoms in total. The van der Waals surface area contributed by atoms with E-state index in [-0.39, 0.29) is 22.8 Å². The van der Waals surface area contributed by atoms with Crippen LogP contribution in [0, 0.1) is 10.1 Å². The zero-order valence-corrected chi connectivity index (χ0v) is 17.6. The van der Waals surface area contributed by atoms with Gasteiger partial charge in [0.1, 0.15) is 0 Å². The first-order chi connectivity index (χ1) is 13.4. The highest BCUT2D eigenvalue weighted by molar-refractivity contribution is 8.04. The van der Waals surface area contributed by atoms with Crippen LogP contribution in [0.1, 0.15) is 64.9 Å². The maximum atomic E-state index is 13.0. The number of amides is 2. The smallest absolute Gasteiger partial charge is 0.269 e. The van der Waals surface area contributed by atoms with Crippen molar-refractivity contribution in [2.24, 2.45) is 0 Å². The lowest BCUT2D eigenvalue weighted by molar-refractivity contribution is -0.384. The zero-order valence-electron chi connectivity index (χ0n) is 16.8. The van der Waals surface area contributed by atoms with Crippen LogP contribution in [0.5, 0.6) is 0 Å². The standard InChI is InChI=1S/C21H28N2O4S/c1-4-5-6-7-8-9-14-22-20(24)18(19(21(22)25)28-15(2)3)16-10-12-17(13-11-16)23(26)27/h10-13,15H,4-9,14H2,1-3H3. The molecule has 0 aliphatic carbocycles. The van der Waals surface area contributed by atoms with E-state index in [4.69, 9.17) is 0 Å². The van der Waals surface area contributed by atoms with Crippen LogP contribution in [-0.2, 0) is 9.59 Å². The van der Waals surface area contributed by atoms with E-state index in [1.165, 1.54) is 48.1 Å². The fraction of sp³-hybridized carbons (Fsp3) is 0.524. The van der Waals surface area contributed by atoms with Crippen LogP contribution >= 0.6 is 11.8 Å². The van der Waals surface area contributed by atoms with E-state index in [0.29, 0.717) is 22.6 Å². The van der Waals surface area contributed by atoms with E-state index in [0.717, 1.165) is 19.3 Å². The topological polar surface area (TPSA) is 80.5 Å². The van der Waals surface area contributed by atoms with Gasteiger partial charge in [-0.2, -0.15) is 0 Å². The Labute approximate surface area is 170 Å². The molecule has 0 atom stereocenters. The van der Waals surface area contributed by atoms with Gasteiger partial charge in [-0.25, -0.2) is 0 Å². The Balaban J connectivity index is 2.17. The van der Waals surface area contributed by atoms with Gasteiger partial charge in [-0.15, -0.1) is 11.8 Å². The molecule has 0 radical (unpaired) electrons. The van der Waals surface area contributed by atoms with Crippen LogP contribution in [0.15, 0.2) is 29.2 Å². The molecule has 0 N–H and O–H groups in total. The van der Waals surface area contributed by atoms with E-state index in [2.05, 4.69) is 6.92 Å². The van der Waals surface area contributed by atoms with Gasteiger partial charge in [-0.1, -0.05) is 52.9 Å². The number of unbranched alkanes of at least 4 members (excludes halogenated alkanes) is 5. The summed E-state index contributed by atoms with van der Waals surface area (Å²) in [5.74, 6) is -0.541. The number of nitrogens with zero attached hydrogens (tertiary/aromatic N) is 2. The third kappa shape index (κ3) is 5.44. The van der Waals surface area contributed by atoms with Gasteiger partial charge >= 0.3 is 0 Å². The molecule has 0 saturated carbocycles. The predicted molar refractivity (Wildman–Crippen MR) is 113 cm³/mol. The van der Waals surface area contributed by atoms with E-state index < -0.39 is 4.92 Å². The first-order valence-electron chi connectivity index (χ1n) is 9.88. The lowest BCUT2D eigenvalue weighted by Gasteiger charge is -2.15. The van der Waals surface area contributed by atoms with Crippen LogP contribution in [-0.4, -0.2) is 33.4 Å². The van der Waals surface area contributed by atoms with Crippen molar-refractivity contribution in [2.45, 2.75) is 64.5 Å². The molecule has 1 heterocycles. The van der Waals surface area contributed by atoms with Crippen molar-refractivity contribution < 1.29 is 14.5 Å². The van der Waals surface area contributed by atoms with Gasteiger partial charge in [-0.05, 0) is 24.1 Å². The number of imide groups is 1. The third-order valence-electron chi connectivity index (χ3n) is 4.58. The highest BCUT2D eigenvalue weighted by Gasteiger charge is 2.39. The number of nitro groups is 1. The number of nitro benzene ring substituents is 1. The summed E-state index contributed by atoms with van der Waals surface area (Å²) in [6, 6.07) is 5.84. The van der Waals surface area contributed by atoms with Crippen molar-refractivity contribution in [2.75, 3.05) is 6.54 Å². The van der Waals surface area contributed by atoms with Crippen LogP contribution in [0.3, 0.4) is 0 Å². The molecule has 28 heavy (non-hydrogen) atoms. The summed E-state index contributed by atoms with van der Waals surface area (Å²) in [5.41, 5.74) is 0.880. The molecule has 152 valence electrons. The van der Waals surface area contributed by atoms with Crippen molar-refractivity contribution in [3.05, 3.63) is 44.8 Å². The van der Waals surface area contributed by atoms with E-state index in [1.54, 1.807) is 12.1 Å². The fourth-order valence-corrected chi connectivity index (χ4v) is 4.16. The SMILES string of the molecule is CCCCCCCCN1C(=O)C(SC(C)C)=C(c2ccc([N+](=O)[O-])cc2)C1=O. The minimum absolute atomic E-state index is 0.0388. The summed E-state index contributed by atoms with van der Waals surface area (Å²) < 4.78 is 0. The maximum absolute atomic E-state index is 13.0. The molecule has 2 rings (SSSR count). The van der Waals surface area contributed by atoms with Gasteiger partial charge in [0, 0.05) is 23.9 Å².